The van der Waals surface area contributed by atoms with E-state index in [0.717, 1.165) is 0 Å². The summed E-state index contributed by atoms with van der Waals surface area (Å²) < 4.78 is 5.32. The summed E-state index contributed by atoms with van der Waals surface area (Å²) in [6, 6.07) is 1.60. The van der Waals surface area contributed by atoms with E-state index in [0.29, 0.717) is 42.3 Å². The van der Waals surface area contributed by atoms with Crippen LogP contribution in [0.5, 0.6) is 0 Å². The molecule has 0 spiro atoms. The van der Waals surface area contributed by atoms with E-state index in [1.807, 2.05) is 20.8 Å². The molecular weight excluding hydrogens is 350 g/mol. The molecule has 10 nitrogen and oxygen atoms in total. The minimum absolute atomic E-state index is 0.108. The fraction of sp³-hybridized carbons (Fsp3) is 0.412. The number of likely N-dealkylation sites (N-methyl/N-ethyl adjacent to an activating group) is 1. The number of pyridine rings is 1. The molecule has 0 fully saturated rings. The molecule has 0 aliphatic heterocycles. The van der Waals surface area contributed by atoms with Crippen LogP contribution in [0.15, 0.2) is 22.9 Å². The van der Waals surface area contributed by atoms with Crippen LogP contribution < -0.4 is 5.32 Å². The average Bonchev–Trinajstić information content (AvgIpc) is 3.33. The minimum atomic E-state index is -0.292. The lowest BCUT2D eigenvalue weighted by atomic mass is 10.2. The molecule has 142 valence electrons. The van der Waals surface area contributed by atoms with Crippen molar-refractivity contribution >= 4 is 23.0 Å². The molecule has 0 saturated heterocycles. The number of oxazole rings is 1. The SMILES string of the molecule is CCN(CCNC(=O)c1cnc2n[nH]nc2c1)C(=O)c1coc(C(C)C)n1. The standard InChI is InChI=1S/C17H21N7O3/c1-4-24(17(26)13-9-27-16(20-13)10(2)3)6-5-18-15(25)11-7-12-14(19-8-11)22-23-21-12/h7-10H,4-6H2,1-3H3,(H,18,25)(H,19,21,22,23). The molecule has 27 heavy (non-hydrogen) atoms. The van der Waals surface area contributed by atoms with Gasteiger partial charge in [-0.3, -0.25) is 9.59 Å². The Balaban J connectivity index is 1.56. The van der Waals surface area contributed by atoms with Gasteiger partial charge in [-0.05, 0) is 13.0 Å². The molecule has 2 amide bonds. The van der Waals surface area contributed by atoms with Crippen LogP contribution >= 0.6 is 0 Å². The highest BCUT2D eigenvalue weighted by Gasteiger charge is 2.19. The van der Waals surface area contributed by atoms with Crippen molar-refractivity contribution in [2.75, 3.05) is 19.6 Å². The molecule has 0 aliphatic rings. The second-order valence-electron chi connectivity index (χ2n) is 6.26. The van der Waals surface area contributed by atoms with Gasteiger partial charge in [0.2, 0.25) is 5.65 Å². The van der Waals surface area contributed by atoms with E-state index in [9.17, 15) is 9.59 Å². The molecule has 3 heterocycles. The predicted molar refractivity (Wildman–Crippen MR) is 96.2 cm³/mol. The maximum Gasteiger partial charge on any atom is 0.275 e. The molecule has 0 bridgehead atoms. The van der Waals surface area contributed by atoms with Gasteiger partial charge in [0.15, 0.2) is 11.6 Å². The van der Waals surface area contributed by atoms with Crippen molar-refractivity contribution in [3.63, 3.8) is 0 Å². The first-order chi connectivity index (χ1) is 13.0. The highest BCUT2D eigenvalue weighted by atomic mass is 16.3. The molecule has 3 aromatic rings. The van der Waals surface area contributed by atoms with Crippen LogP contribution in [-0.2, 0) is 0 Å². The highest BCUT2D eigenvalue weighted by Crippen LogP contribution is 2.14. The number of carbonyl (C=O) groups excluding carboxylic acids is 2. The van der Waals surface area contributed by atoms with Crippen molar-refractivity contribution in [2.24, 2.45) is 0 Å². The zero-order chi connectivity index (χ0) is 19.4. The Morgan fingerprint density at radius 1 is 1.33 bits per heavy atom. The van der Waals surface area contributed by atoms with Crippen LogP contribution in [-0.4, -0.2) is 61.7 Å². The molecule has 0 saturated carbocycles. The van der Waals surface area contributed by atoms with Gasteiger partial charge in [0.1, 0.15) is 11.8 Å². The number of nitrogens with zero attached hydrogens (tertiary/aromatic N) is 5. The molecule has 0 radical (unpaired) electrons. The van der Waals surface area contributed by atoms with Crippen molar-refractivity contribution in [1.29, 1.82) is 0 Å². The molecule has 0 aromatic carbocycles. The summed E-state index contributed by atoms with van der Waals surface area (Å²) in [7, 11) is 0. The van der Waals surface area contributed by atoms with Gasteiger partial charge >= 0.3 is 0 Å². The van der Waals surface area contributed by atoms with Crippen LogP contribution in [0.1, 0.15) is 53.4 Å². The Bertz CT molecular complexity index is 947. The van der Waals surface area contributed by atoms with E-state index in [1.54, 1.807) is 11.0 Å². The maximum absolute atomic E-state index is 12.5. The second kappa shape index (κ2) is 7.94. The van der Waals surface area contributed by atoms with Gasteiger partial charge in [0.25, 0.3) is 11.8 Å². The molecule has 0 atom stereocenters. The molecule has 2 N–H and O–H groups in total. The number of H-pyrrole nitrogens is 1. The summed E-state index contributed by atoms with van der Waals surface area (Å²) in [6.45, 7) is 6.89. The maximum atomic E-state index is 12.5. The topological polar surface area (TPSA) is 130 Å². The van der Waals surface area contributed by atoms with Crippen LogP contribution in [0, 0.1) is 0 Å². The number of aromatic amines is 1. The molecule has 3 rings (SSSR count). The Hall–Kier alpha value is -3.30. The fourth-order valence-corrected chi connectivity index (χ4v) is 2.49. The smallest absolute Gasteiger partial charge is 0.275 e. The quantitative estimate of drug-likeness (QED) is 0.641. The monoisotopic (exact) mass is 371 g/mol. The van der Waals surface area contributed by atoms with Crippen molar-refractivity contribution < 1.29 is 14.0 Å². The summed E-state index contributed by atoms with van der Waals surface area (Å²) in [5.74, 6) is 0.113. The fourth-order valence-electron chi connectivity index (χ4n) is 2.49. The third-order valence-corrected chi connectivity index (χ3v) is 4.01. The number of nitrogens with one attached hydrogen (secondary N) is 2. The first-order valence-electron chi connectivity index (χ1n) is 8.69. The van der Waals surface area contributed by atoms with E-state index < -0.39 is 0 Å². The van der Waals surface area contributed by atoms with Gasteiger partial charge < -0.3 is 14.6 Å². The first kappa shape index (κ1) is 18.5. The van der Waals surface area contributed by atoms with Crippen molar-refractivity contribution in [1.82, 2.24) is 35.6 Å². The number of hydrogen-bond donors (Lipinski definition) is 2. The summed E-state index contributed by atoms with van der Waals surface area (Å²) in [5, 5.41) is 13.0. The van der Waals surface area contributed by atoms with Gasteiger partial charge in [-0.2, -0.15) is 10.3 Å². The van der Waals surface area contributed by atoms with Crippen LogP contribution in [0.25, 0.3) is 11.2 Å². The van der Waals surface area contributed by atoms with E-state index >= 15 is 0 Å². The Labute approximate surface area is 155 Å². The Morgan fingerprint density at radius 3 is 2.85 bits per heavy atom. The lowest BCUT2D eigenvalue weighted by molar-refractivity contribution is 0.0751. The Kier molecular flexibility index (Phi) is 5.43. The highest BCUT2D eigenvalue weighted by molar-refractivity contribution is 5.96. The zero-order valence-corrected chi connectivity index (χ0v) is 15.4. The van der Waals surface area contributed by atoms with Gasteiger partial charge in [-0.15, -0.1) is 5.10 Å². The number of hydrogen-bond acceptors (Lipinski definition) is 7. The van der Waals surface area contributed by atoms with Gasteiger partial charge in [-0.25, -0.2) is 9.97 Å². The molecule has 0 unspecified atom stereocenters. The first-order valence-corrected chi connectivity index (χ1v) is 8.69. The number of amides is 2. The minimum Gasteiger partial charge on any atom is -0.448 e. The van der Waals surface area contributed by atoms with E-state index in [1.165, 1.54) is 12.5 Å². The Morgan fingerprint density at radius 2 is 2.15 bits per heavy atom. The third kappa shape index (κ3) is 4.10. The summed E-state index contributed by atoms with van der Waals surface area (Å²) >= 11 is 0. The van der Waals surface area contributed by atoms with Crippen LogP contribution in [0.3, 0.4) is 0 Å². The van der Waals surface area contributed by atoms with Crippen molar-refractivity contribution in [3.05, 3.63) is 35.7 Å². The second-order valence-corrected chi connectivity index (χ2v) is 6.26. The zero-order valence-electron chi connectivity index (χ0n) is 15.4. The summed E-state index contributed by atoms with van der Waals surface area (Å²) in [6.07, 6.45) is 2.81. The third-order valence-electron chi connectivity index (χ3n) is 4.01. The number of fused-ring (bicyclic) bond motifs is 1. The lowest BCUT2D eigenvalue weighted by Crippen LogP contribution is -2.38. The predicted octanol–water partition coefficient (Wildman–Crippen LogP) is 1.36. The molecule has 10 heteroatoms. The van der Waals surface area contributed by atoms with Crippen molar-refractivity contribution in [2.45, 2.75) is 26.7 Å². The van der Waals surface area contributed by atoms with Crippen LogP contribution in [0.2, 0.25) is 0 Å². The number of rotatable bonds is 7. The lowest BCUT2D eigenvalue weighted by Gasteiger charge is -2.19. The van der Waals surface area contributed by atoms with Crippen LogP contribution in [0.4, 0.5) is 0 Å². The largest absolute Gasteiger partial charge is 0.448 e. The van der Waals surface area contributed by atoms with E-state index in [2.05, 4.69) is 30.7 Å². The van der Waals surface area contributed by atoms with Gasteiger partial charge in [0.05, 0.1) is 5.56 Å². The summed E-state index contributed by atoms with van der Waals surface area (Å²) in [4.78, 5) is 34.7. The molecular formula is C17H21N7O3. The molecule has 0 aliphatic carbocycles. The number of aromatic nitrogens is 5. The number of carbonyl (C=O) groups is 2. The van der Waals surface area contributed by atoms with E-state index in [4.69, 9.17) is 4.42 Å². The van der Waals surface area contributed by atoms with Gasteiger partial charge in [-0.1, -0.05) is 13.8 Å². The average molecular weight is 371 g/mol. The van der Waals surface area contributed by atoms with E-state index in [-0.39, 0.29) is 23.4 Å². The van der Waals surface area contributed by atoms with Gasteiger partial charge in [0, 0.05) is 31.7 Å². The molecule has 3 aromatic heterocycles. The normalized spacial score (nSPS) is 11.1. The summed E-state index contributed by atoms with van der Waals surface area (Å²) in [5.41, 5.74) is 1.61. The van der Waals surface area contributed by atoms with Crippen molar-refractivity contribution in [3.8, 4) is 0 Å².